The summed E-state index contributed by atoms with van der Waals surface area (Å²) >= 11 is -0.313. The molecule has 0 saturated carbocycles. The molecule has 1 saturated heterocycles. The van der Waals surface area contributed by atoms with Crippen molar-refractivity contribution in [3.63, 3.8) is 0 Å². The Bertz CT molecular complexity index is 1570. The van der Waals surface area contributed by atoms with Gasteiger partial charge in [-0.1, -0.05) is 66.7 Å². The zero-order chi connectivity index (χ0) is 35.0. The van der Waals surface area contributed by atoms with Crippen molar-refractivity contribution in [2.45, 2.75) is 67.8 Å². The molecule has 49 heavy (non-hydrogen) atoms. The van der Waals surface area contributed by atoms with Gasteiger partial charge < -0.3 is 28.6 Å². The van der Waals surface area contributed by atoms with Crippen molar-refractivity contribution in [2.24, 2.45) is 5.92 Å². The minimum atomic E-state index is -1.59. The van der Waals surface area contributed by atoms with Crippen LogP contribution in [0.25, 0.3) is 0 Å². The summed E-state index contributed by atoms with van der Waals surface area (Å²) in [5, 5.41) is 10.1. The average Bonchev–Trinajstić information content (AvgIpc) is 3.11. The molecule has 3 aromatic carbocycles. The lowest BCUT2D eigenvalue weighted by molar-refractivity contribution is -0.205. The van der Waals surface area contributed by atoms with Crippen molar-refractivity contribution in [1.29, 1.82) is 0 Å². The van der Waals surface area contributed by atoms with Crippen LogP contribution < -0.4 is 4.72 Å². The van der Waals surface area contributed by atoms with E-state index in [9.17, 15) is 24.0 Å². The number of aliphatic hydroxyl groups is 1. The molecule has 3 aromatic rings. The van der Waals surface area contributed by atoms with E-state index in [-0.39, 0.29) is 35.6 Å². The van der Waals surface area contributed by atoms with Gasteiger partial charge in [0.2, 0.25) is 0 Å². The number of aliphatic hydroxyl groups excluding tert-OH is 1. The second-order valence-electron chi connectivity index (χ2n) is 12.7. The van der Waals surface area contributed by atoms with Crippen LogP contribution in [0.1, 0.15) is 58.3 Å². The third-order valence-electron chi connectivity index (χ3n) is 8.01. The minimum absolute atomic E-state index is 0.149. The summed E-state index contributed by atoms with van der Waals surface area (Å²) in [4.78, 5) is 41.1. The molecule has 2 N–H and O–H groups in total. The summed E-state index contributed by atoms with van der Waals surface area (Å²) < 4.78 is 41.3. The van der Waals surface area contributed by atoms with Gasteiger partial charge in [-0.05, 0) is 63.6 Å². The molecule has 2 heterocycles. The second kappa shape index (κ2) is 16.8. The van der Waals surface area contributed by atoms with E-state index < -0.39 is 69.9 Å². The monoisotopic (exact) mass is 707 g/mol. The van der Waals surface area contributed by atoms with Crippen molar-refractivity contribution in [1.82, 2.24) is 4.72 Å². The second-order valence-corrected chi connectivity index (χ2v) is 15.9. The fourth-order valence-electron chi connectivity index (χ4n) is 5.35. The first-order chi connectivity index (χ1) is 23.5. The van der Waals surface area contributed by atoms with Gasteiger partial charge >= 0.3 is 17.9 Å². The van der Waals surface area contributed by atoms with Crippen LogP contribution in [0.2, 0.25) is 0 Å². The van der Waals surface area contributed by atoms with Gasteiger partial charge in [0.05, 0.1) is 29.3 Å². The fraction of sp³-hybridized carbons (Fsp3) is 0.378. The van der Waals surface area contributed by atoms with E-state index in [0.29, 0.717) is 5.75 Å². The highest BCUT2D eigenvalue weighted by atomic mass is 32.2. The quantitative estimate of drug-likeness (QED) is 0.133. The maximum atomic E-state index is 13.7. The van der Waals surface area contributed by atoms with Gasteiger partial charge in [-0.3, -0.25) is 0 Å². The lowest BCUT2D eigenvalue weighted by atomic mass is 9.92. The lowest BCUT2D eigenvalue weighted by Crippen LogP contribution is -2.66. The first kappa shape index (κ1) is 36.6. The van der Waals surface area contributed by atoms with Crippen LogP contribution >= 0.6 is 11.8 Å². The Kier molecular flexibility index (Phi) is 12.6. The van der Waals surface area contributed by atoms with Gasteiger partial charge in [-0.25, -0.2) is 14.4 Å². The smallest absolute Gasteiger partial charge is 0.338 e. The van der Waals surface area contributed by atoms with E-state index in [0.717, 1.165) is 0 Å². The molecule has 260 valence electrons. The highest BCUT2D eigenvalue weighted by molar-refractivity contribution is 7.99. The maximum Gasteiger partial charge on any atom is 0.338 e. The summed E-state index contributed by atoms with van der Waals surface area (Å²) in [7, 11) is 0. The number of carbonyl (C=O) groups excluding carboxylic acids is 3. The Labute approximate surface area is 293 Å². The van der Waals surface area contributed by atoms with Crippen LogP contribution in [0.5, 0.6) is 0 Å². The van der Waals surface area contributed by atoms with E-state index in [1.54, 1.807) is 91.0 Å². The highest BCUT2D eigenvalue weighted by Gasteiger charge is 2.55. The molecule has 2 bridgehead atoms. The Morgan fingerprint density at radius 2 is 1.29 bits per heavy atom. The number of esters is 3. The molecule has 1 unspecified atom stereocenters. The summed E-state index contributed by atoms with van der Waals surface area (Å²) in [5.41, 5.74) is -0.190. The molecule has 0 spiro atoms. The number of hydrogen-bond donors (Lipinski definition) is 2. The number of benzene rings is 3. The number of fused-ring (bicyclic) bond motifs is 2. The van der Waals surface area contributed by atoms with Crippen molar-refractivity contribution >= 4 is 41.0 Å². The zero-order valence-electron chi connectivity index (χ0n) is 27.5. The SMILES string of the molecule is CC(C)(C)[S+]([O-])N[C@@H]1CC=C[C@@H](CO)CS[C@H]2O[C@H]1[C@H](OC(=O)c1ccccc1)[C@H](OC(=O)c1ccccc1)[C@H]2OC(=O)c1ccccc1. The normalized spacial score (nSPS) is 26.2. The van der Waals surface area contributed by atoms with E-state index in [2.05, 4.69) is 4.72 Å². The van der Waals surface area contributed by atoms with Crippen LogP contribution in [0.3, 0.4) is 0 Å². The van der Waals surface area contributed by atoms with Gasteiger partial charge in [-0.2, -0.15) is 0 Å². The summed E-state index contributed by atoms with van der Waals surface area (Å²) in [6, 6.07) is 24.3. The summed E-state index contributed by atoms with van der Waals surface area (Å²) in [6.07, 6.45) is -0.933. The van der Waals surface area contributed by atoms with Gasteiger partial charge in [-0.15, -0.1) is 16.5 Å². The van der Waals surface area contributed by atoms with Crippen molar-refractivity contribution in [2.75, 3.05) is 12.4 Å². The molecule has 0 amide bonds. The molecule has 10 nitrogen and oxygen atoms in total. The standard InChI is InChI=1S/C37H41NO9S2/c1-37(2,3)49(43)38-28-21-13-14-24(22-39)23-48-36-32(46-35(42)27-19-11-6-12-20-27)31(45-34(41)26-17-9-5-10-18-26)30(29(28)47-36)44-33(40)25-15-7-4-8-16-25/h4-20,24,28-32,36,38-39H,21-23H2,1-3H3/t24-,28+,29+,30-,31-,32+,36+,49?/m0/s1. The average molecular weight is 708 g/mol. The minimum Gasteiger partial charge on any atom is -0.598 e. The third-order valence-corrected chi connectivity index (χ3v) is 11.0. The zero-order valence-corrected chi connectivity index (χ0v) is 29.1. The summed E-state index contributed by atoms with van der Waals surface area (Å²) in [6.45, 7) is 5.32. The summed E-state index contributed by atoms with van der Waals surface area (Å²) in [5.74, 6) is -2.02. The van der Waals surface area contributed by atoms with E-state index in [1.807, 2.05) is 32.9 Å². The molecule has 12 heteroatoms. The topological polar surface area (TPSA) is 143 Å². The van der Waals surface area contributed by atoms with Crippen molar-refractivity contribution in [3.05, 3.63) is 120 Å². The van der Waals surface area contributed by atoms with Crippen molar-refractivity contribution in [3.8, 4) is 0 Å². The molecule has 5 rings (SSSR count). The fourth-order valence-corrected chi connectivity index (χ4v) is 7.47. The van der Waals surface area contributed by atoms with Gasteiger partial charge in [0.1, 0.15) is 16.3 Å². The first-order valence-corrected chi connectivity index (χ1v) is 18.3. The molecule has 0 aliphatic carbocycles. The number of rotatable bonds is 9. The van der Waals surface area contributed by atoms with Crippen LogP contribution in [0, 0.1) is 5.92 Å². The first-order valence-electron chi connectivity index (χ1n) is 16.1. The lowest BCUT2D eigenvalue weighted by Gasteiger charge is -2.47. The molecule has 1 fully saturated rings. The predicted octanol–water partition coefficient (Wildman–Crippen LogP) is 5.11. The molecular formula is C37H41NO9S2. The number of hydrogen-bond acceptors (Lipinski definition) is 11. The maximum absolute atomic E-state index is 13.7. The Hall–Kier alpha value is -3.65. The number of nitrogens with one attached hydrogen (secondary N) is 1. The molecule has 2 aliphatic heterocycles. The van der Waals surface area contributed by atoms with Gasteiger partial charge in [0, 0.05) is 23.0 Å². The van der Waals surface area contributed by atoms with Crippen LogP contribution in [-0.4, -0.2) is 80.6 Å². The van der Waals surface area contributed by atoms with Gasteiger partial charge in [0.15, 0.2) is 18.3 Å². The van der Waals surface area contributed by atoms with E-state index >= 15 is 0 Å². The Morgan fingerprint density at radius 1 is 0.816 bits per heavy atom. The van der Waals surface area contributed by atoms with Crippen LogP contribution in [-0.2, 0) is 30.3 Å². The Balaban J connectivity index is 1.63. The number of carbonyl (C=O) groups is 3. The number of thioether (sulfide) groups is 1. The third kappa shape index (κ3) is 9.53. The largest absolute Gasteiger partial charge is 0.598 e. The molecule has 0 aromatic heterocycles. The van der Waals surface area contributed by atoms with Crippen LogP contribution in [0.4, 0.5) is 0 Å². The van der Waals surface area contributed by atoms with Crippen molar-refractivity contribution < 1.29 is 43.0 Å². The van der Waals surface area contributed by atoms with E-state index in [4.69, 9.17) is 18.9 Å². The van der Waals surface area contributed by atoms with Gasteiger partial charge in [0.25, 0.3) is 0 Å². The highest BCUT2D eigenvalue weighted by Crippen LogP contribution is 2.38. The molecule has 8 atom stereocenters. The predicted molar refractivity (Wildman–Crippen MR) is 187 cm³/mol. The number of ether oxygens (including phenoxy) is 4. The van der Waals surface area contributed by atoms with E-state index in [1.165, 1.54) is 11.8 Å². The molecule has 2 aliphatic rings. The molecular weight excluding hydrogens is 667 g/mol. The molecule has 0 radical (unpaired) electrons. The van der Waals surface area contributed by atoms with Crippen LogP contribution in [0.15, 0.2) is 103 Å². The Morgan fingerprint density at radius 3 is 1.76 bits per heavy atom.